The summed E-state index contributed by atoms with van der Waals surface area (Å²) in [7, 11) is 0. The van der Waals surface area contributed by atoms with E-state index in [4.69, 9.17) is 11.5 Å². The third-order valence-corrected chi connectivity index (χ3v) is 2.91. The predicted octanol–water partition coefficient (Wildman–Crippen LogP) is 1.91. The molecule has 0 aromatic heterocycles. The molecule has 4 nitrogen and oxygen atoms in total. The van der Waals surface area contributed by atoms with Gasteiger partial charge >= 0.3 is 0 Å². The Bertz CT molecular complexity index is 581. The monoisotopic (exact) mass is 255 g/mol. The van der Waals surface area contributed by atoms with Gasteiger partial charge in [-0.1, -0.05) is 36.4 Å². The Hall–Kier alpha value is -2.49. The van der Waals surface area contributed by atoms with E-state index in [0.29, 0.717) is 6.54 Å². The topological polar surface area (TPSA) is 81.1 Å². The van der Waals surface area contributed by atoms with E-state index in [-0.39, 0.29) is 12.3 Å². The molecule has 2 aromatic carbocycles. The van der Waals surface area contributed by atoms with Gasteiger partial charge in [0.2, 0.25) is 5.91 Å². The molecule has 1 amide bonds. The zero-order chi connectivity index (χ0) is 13.7. The van der Waals surface area contributed by atoms with Crippen LogP contribution in [0.3, 0.4) is 0 Å². The molecule has 98 valence electrons. The summed E-state index contributed by atoms with van der Waals surface area (Å²) in [6, 6.07) is 15.3. The molecule has 19 heavy (non-hydrogen) atoms. The molecule has 4 heteroatoms. The molecular formula is C15H17N3O. The number of nitrogens with two attached hydrogens (primary N) is 2. The number of nitrogens with one attached hydrogen (secondary N) is 1. The summed E-state index contributed by atoms with van der Waals surface area (Å²) in [6.07, 6.45) is 0.230. The van der Waals surface area contributed by atoms with Gasteiger partial charge in [0.15, 0.2) is 0 Å². The Morgan fingerprint density at radius 2 is 1.63 bits per heavy atom. The second kappa shape index (κ2) is 5.91. The van der Waals surface area contributed by atoms with Crippen LogP contribution in [0, 0.1) is 0 Å². The molecule has 0 heterocycles. The smallest absolute Gasteiger partial charge is 0.221 e. The van der Waals surface area contributed by atoms with Crippen molar-refractivity contribution in [1.29, 1.82) is 0 Å². The van der Waals surface area contributed by atoms with Gasteiger partial charge in [-0.05, 0) is 23.3 Å². The van der Waals surface area contributed by atoms with Gasteiger partial charge in [0.1, 0.15) is 0 Å². The number of rotatable bonds is 5. The highest BCUT2D eigenvalue weighted by molar-refractivity contribution is 5.78. The lowest BCUT2D eigenvalue weighted by Crippen LogP contribution is -2.15. The van der Waals surface area contributed by atoms with Gasteiger partial charge in [0.05, 0.1) is 6.42 Å². The van der Waals surface area contributed by atoms with Gasteiger partial charge in [0.25, 0.3) is 0 Å². The Morgan fingerprint density at radius 3 is 2.32 bits per heavy atom. The lowest BCUT2D eigenvalue weighted by Gasteiger charge is -2.12. The van der Waals surface area contributed by atoms with Crippen LogP contribution in [-0.4, -0.2) is 5.91 Å². The molecule has 2 aromatic rings. The highest BCUT2D eigenvalue weighted by Crippen LogP contribution is 2.18. The van der Waals surface area contributed by atoms with Crippen molar-refractivity contribution in [3.8, 4) is 0 Å². The molecule has 0 atom stereocenters. The van der Waals surface area contributed by atoms with Crippen molar-refractivity contribution in [2.24, 2.45) is 5.73 Å². The van der Waals surface area contributed by atoms with Crippen LogP contribution in [0.1, 0.15) is 11.1 Å². The number of amides is 1. The first-order chi connectivity index (χ1) is 9.16. The molecule has 2 rings (SSSR count). The largest absolute Gasteiger partial charge is 0.398 e. The summed E-state index contributed by atoms with van der Waals surface area (Å²) in [5, 5.41) is 3.29. The number of carbonyl (C=O) groups excluding carboxylic acids is 1. The number of nitrogen functional groups attached to an aromatic ring is 1. The van der Waals surface area contributed by atoms with Crippen LogP contribution in [0.25, 0.3) is 0 Å². The van der Waals surface area contributed by atoms with E-state index >= 15 is 0 Å². The first-order valence-electron chi connectivity index (χ1n) is 6.10. The van der Waals surface area contributed by atoms with Crippen LogP contribution in [-0.2, 0) is 17.8 Å². The first-order valence-corrected chi connectivity index (χ1v) is 6.10. The minimum atomic E-state index is -0.339. The van der Waals surface area contributed by atoms with Crippen molar-refractivity contribution in [2.45, 2.75) is 13.0 Å². The molecule has 0 aliphatic rings. The Kier molecular flexibility index (Phi) is 4.03. The van der Waals surface area contributed by atoms with Crippen LogP contribution in [0.15, 0.2) is 48.5 Å². The van der Waals surface area contributed by atoms with E-state index < -0.39 is 0 Å². The van der Waals surface area contributed by atoms with Gasteiger partial charge in [-0.3, -0.25) is 4.79 Å². The fraction of sp³-hybridized carbons (Fsp3) is 0.133. The average molecular weight is 255 g/mol. The van der Waals surface area contributed by atoms with E-state index in [1.807, 2.05) is 48.5 Å². The van der Waals surface area contributed by atoms with E-state index in [1.165, 1.54) is 0 Å². The van der Waals surface area contributed by atoms with E-state index in [0.717, 1.165) is 22.5 Å². The van der Waals surface area contributed by atoms with E-state index in [1.54, 1.807) is 0 Å². The van der Waals surface area contributed by atoms with Crippen LogP contribution in [0.4, 0.5) is 11.4 Å². The number of primary amides is 1. The zero-order valence-electron chi connectivity index (χ0n) is 10.6. The quantitative estimate of drug-likeness (QED) is 0.714. The molecule has 0 spiro atoms. The van der Waals surface area contributed by atoms with Gasteiger partial charge in [-0.25, -0.2) is 0 Å². The lowest BCUT2D eigenvalue weighted by atomic mass is 10.1. The Balaban J connectivity index is 2.11. The van der Waals surface area contributed by atoms with Crippen LogP contribution in [0.2, 0.25) is 0 Å². The summed E-state index contributed by atoms with van der Waals surface area (Å²) in [5.41, 5.74) is 14.7. The SMILES string of the molecule is NC(=O)Cc1ccccc1NCc1ccccc1N. The zero-order valence-corrected chi connectivity index (χ0v) is 10.6. The highest BCUT2D eigenvalue weighted by Gasteiger charge is 2.05. The molecule has 5 N–H and O–H groups in total. The van der Waals surface area contributed by atoms with Crippen molar-refractivity contribution in [3.05, 3.63) is 59.7 Å². The predicted molar refractivity (Wildman–Crippen MR) is 77.5 cm³/mol. The van der Waals surface area contributed by atoms with Crippen molar-refractivity contribution in [2.75, 3.05) is 11.1 Å². The van der Waals surface area contributed by atoms with Gasteiger partial charge < -0.3 is 16.8 Å². The Labute approximate surface area is 112 Å². The summed E-state index contributed by atoms with van der Waals surface area (Å²) in [6.45, 7) is 0.614. The Morgan fingerprint density at radius 1 is 1.00 bits per heavy atom. The molecular weight excluding hydrogens is 238 g/mol. The standard InChI is InChI=1S/C15H17N3O/c16-13-7-3-1-6-12(13)10-18-14-8-4-2-5-11(14)9-15(17)19/h1-8,18H,9-10,16H2,(H2,17,19). The molecule has 0 saturated heterocycles. The lowest BCUT2D eigenvalue weighted by molar-refractivity contribution is -0.117. The number of carbonyl (C=O) groups is 1. The van der Waals surface area contributed by atoms with Crippen molar-refractivity contribution in [3.63, 3.8) is 0 Å². The third kappa shape index (κ3) is 3.48. The van der Waals surface area contributed by atoms with Crippen molar-refractivity contribution >= 4 is 17.3 Å². The minimum absolute atomic E-state index is 0.230. The fourth-order valence-electron chi connectivity index (χ4n) is 1.92. The third-order valence-electron chi connectivity index (χ3n) is 2.91. The van der Waals surface area contributed by atoms with E-state index in [9.17, 15) is 4.79 Å². The minimum Gasteiger partial charge on any atom is -0.398 e. The summed E-state index contributed by atoms with van der Waals surface area (Å²) < 4.78 is 0. The van der Waals surface area contributed by atoms with E-state index in [2.05, 4.69) is 5.32 Å². The maximum Gasteiger partial charge on any atom is 0.221 e. The van der Waals surface area contributed by atoms with Gasteiger partial charge in [-0.15, -0.1) is 0 Å². The molecule has 0 unspecified atom stereocenters. The normalized spacial score (nSPS) is 10.1. The second-order valence-corrected chi connectivity index (χ2v) is 4.35. The molecule has 0 saturated carbocycles. The van der Waals surface area contributed by atoms with Crippen LogP contribution < -0.4 is 16.8 Å². The van der Waals surface area contributed by atoms with Crippen LogP contribution in [0.5, 0.6) is 0 Å². The van der Waals surface area contributed by atoms with Crippen LogP contribution >= 0.6 is 0 Å². The molecule has 0 bridgehead atoms. The van der Waals surface area contributed by atoms with Gasteiger partial charge in [0, 0.05) is 17.9 Å². The highest BCUT2D eigenvalue weighted by atomic mass is 16.1. The van der Waals surface area contributed by atoms with Gasteiger partial charge in [-0.2, -0.15) is 0 Å². The molecule has 0 radical (unpaired) electrons. The second-order valence-electron chi connectivity index (χ2n) is 4.35. The fourth-order valence-corrected chi connectivity index (χ4v) is 1.92. The summed E-state index contributed by atoms with van der Waals surface area (Å²) in [5.74, 6) is -0.339. The maximum atomic E-state index is 11.0. The summed E-state index contributed by atoms with van der Waals surface area (Å²) >= 11 is 0. The molecule has 0 fully saturated rings. The van der Waals surface area contributed by atoms with Crippen molar-refractivity contribution < 1.29 is 4.79 Å². The first kappa shape index (κ1) is 13.0. The maximum absolute atomic E-state index is 11.0. The molecule has 0 aliphatic carbocycles. The molecule has 0 aliphatic heterocycles. The number of hydrogen-bond acceptors (Lipinski definition) is 3. The van der Waals surface area contributed by atoms with Crippen molar-refractivity contribution in [1.82, 2.24) is 0 Å². The number of benzene rings is 2. The summed E-state index contributed by atoms with van der Waals surface area (Å²) in [4.78, 5) is 11.0. The average Bonchev–Trinajstić information content (AvgIpc) is 2.39. The number of para-hydroxylation sites is 2. The number of anilines is 2. The number of hydrogen-bond donors (Lipinski definition) is 3.